The van der Waals surface area contributed by atoms with E-state index in [4.69, 9.17) is 5.73 Å². The molecular formula is C14H24N4O. The Hall–Kier alpha value is -1.36. The first-order valence-corrected chi connectivity index (χ1v) is 7.18. The summed E-state index contributed by atoms with van der Waals surface area (Å²) in [7, 11) is 1.83. The van der Waals surface area contributed by atoms with Gasteiger partial charge in [0.05, 0.1) is 0 Å². The van der Waals surface area contributed by atoms with Crippen LogP contribution in [0.4, 0.5) is 0 Å². The highest BCUT2D eigenvalue weighted by atomic mass is 16.2. The van der Waals surface area contributed by atoms with Gasteiger partial charge >= 0.3 is 0 Å². The van der Waals surface area contributed by atoms with Gasteiger partial charge in [0.25, 0.3) is 5.91 Å². The summed E-state index contributed by atoms with van der Waals surface area (Å²) in [5, 5.41) is 4.22. The Morgan fingerprint density at radius 3 is 2.84 bits per heavy atom. The Bertz CT molecular complexity index is 429. The number of aryl methyl sites for hydroxylation is 1. The van der Waals surface area contributed by atoms with Crippen molar-refractivity contribution in [2.45, 2.75) is 38.6 Å². The van der Waals surface area contributed by atoms with E-state index in [1.165, 1.54) is 12.8 Å². The summed E-state index contributed by atoms with van der Waals surface area (Å²) >= 11 is 0. The first kappa shape index (κ1) is 14.1. The second-order valence-corrected chi connectivity index (χ2v) is 5.31. The molecular weight excluding hydrogens is 240 g/mol. The molecule has 5 nitrogen and oxygen atoms in total. The number of carbonyl (C=O) groups excluding carboxylic acids is 1. The molecule has 19 heavy (non-hydrogen) atoms. The van der Waals surface area contributed by atoms with Gasteiger partial charge in [0, 0.05) is 25.8 Å². The summed E-state index contributed by atoms with van der Waals surface area (Å²) in [6.45, 7) is 3.41. The summed E-state index contributed by atoms with van der Waals surface area (Å²) in [6.07, 6.45) is 6.42. The van der Waals surface area contributed by atoms with Gasteiger partial charge in [0.15, 0.2) is 0 Å². The Balaban J connectivity index is 2.16. The Kier molecular flexibility index (Phi) is 4.58. The van der Waals surface area contributed by atoms with Gasteiger partial charge in [0.1, 0.15) is 5.69 Å². The van der Waals surface area contributed by atoms with Crippen LogP contribution in [0.5, 0.6) is 0 Å². The lowest BCUT2D eigenvalue weighted by atomic mass is 9.83. The molecule has 1 aliphatic carbocycles. The summed E-state index contributed by atoms with van der Waals surface area (Å²) in [6, 6.07) is 2.06. The maximum absolute atomic E-state index is 12.6. The van der Waals surface area contributed by atoms with Crippen molar-refractivity contribution < 1.29 is 4.79 Å². The quantitative estimate of drug-likeness (QED) is 0.894. The zero-order valence-corrected chi connectivity index (χ0v) is 11.9. The average molecular weight is 264 g/mol. The van der Waals surface area contributed by atoms with Crippen LogP contribution in [0.2, 0.25) is 0 Å². The predicted molar refractivity (Wildman–Crippen MR) is 74.7 cm³/mol. The molecule has 1 aromatic heterocycles. The number of rotatable bonds is 4. The first-order chi connectivity index (χ1) is 9.17. The van der Waals surface area contributed by atoms with E-state index < -0.39 is 0 Å². The highest BCUT2D eigenvalue weighted by molar-refractivity contribution is 5.92. The van der Waals surface area contributed by atoms with Crippen LogP contribution in [0.1, 0.15) is 43.1 Å². The Morgan fingerprint density at radius 1 is 1.53 bits per heavy atom. The highest BCUT2D eigenvalue weighted by Crippen LogP contribution is 2.28. The van der Waals surface area contributed by atoms with Crippen molar-refractivity contribution in [2.24, 2.45) is 18.7 Å². The van der Waals surface area contributed by atoms with Crippen LogP contribution in [-0.4, -0.2) is 39.7 Å². The molecule has 0 bridgehead atoms. The van der Waals surface area contributed by atoms with E-state index in [2.05, 4.69) is 5.10 Å². The van der Waals surface area contributed by atoms with Gasteiger partial charge in [-0.2, -0.15) is 5.10 Å². The number of nitrogens with two attached hydrogens (primary N) is 1. The lowest BCUT2D eigenvalue weighted by Crippen LogP contribution is -2.48. The summed E-state index contributed by atoms with van der Waals surface area (Å²) in [4.78, 5) is 14.5. The van der Waals surface area contributed by atoms with Gasteiger partial charge in [-0.1, -0.05) is 12.8 Å². The van der Waals surface area contributed by atoms with E-state index >= 15 is 0 Å². The van der Waals surface area contributed by atoms with Crippen molar-refractivity contribution in [3.05, 3.63) is 18.0 Å². The number of hydrogen-bond acceptors (Lipinski definition) is 3. The summed E-state index contributed by atoms with van der Waals surface area (Å²) in [5.74, 6) is 0.467. The second-order valence-electron chi connectivity index (χ2n) is 5.31. The third kappa shape index (κ3) is 2.97. The van der Waals surface area contributed by atoms with Crippen LogP contribution in [0, 0.1) is 5.92 Å². The number of carbonyl (C=O) groups is 1. The minimum atomic E-state index is 0.0356. The summed E-state index contributed by atoms with van der Waals surface area (Å²) in [5.41, 5.74) is 6.40. The molecule has 2 rings (SSSR count). The topological polar surface area (TPSA) is 64.2 Å². The molecule has 0 spiro atoms. The van der Waals surface area contributed by atoms with E-state index in [0.717, 1.165) is 19.4 Å². The molecule has 1 amide bonds. The predicted octanol–water partition coefficient (Wildman–Crippen LogP) is 1.40. The molecule has 0 radical (unpaired) electrons. The molecule has 5 heteroatoms. The van der Waals surface area contributed by atoms with E-state index in [1.807, 2.05) is 25.1 Å². The molecule has 1 aliphatic rings. The molecule has 1 heterocycles. The van der Waals surface area contributed by atoms with Gasteiger partial charge < -0.3 is 10.6 Å². The Labute approximate surface area is 114 Å². The SMILES string of the molecule is CCN(C(=O)c1ccn(C)n1)C1CCCCC1CN. The molecule has 106 valence electrons. The van der Waals surface area contributed by atoms with Crippen molar-refractivity contribution in [2.75, 3.05) is 13.1 Å². The van der Waals surface area contributed by atoms with E-state index in [0.29, 0.717) is 18.2 Å². The smallest absolute Gasteiger partial charge is 0.274 e. The van der Waals surface area contributed by atoms with E-state index in [-0.39, 0.29) is 11.9 Å². The van der Waals surface area contributed by atoms with Gasteiger partial charge in [-0.3, -0.25) is 9.48 Å². The van der Waals surface area contributed by atoms with Crippen molar-refractivity contribution in [3.8, 4) is 0 Å². The average Bonchev–Trinajstić information content (AvgIpc) is 2.86. The van der Waals surface area contributed by atoms with Gasteiger partial charge in [-0.25, -0.2) is 0 Å². The second kappa shape index (κ2) is 6.19. The van der Waals surface area contributed by atoms with Crippen LogP contribution in [0.25, 0.3) is 0 Å². The minimum absolute atomic E-state index is 0.0356. The zero-order valence-electron chi connectivity index (χ0n) is 11.9. The third-order valence-electron chi connectivity index (χ3n) is 4.11. The molecule has 0 aromatic carbocycles. The van der Waals surface area contributed by atoms with Crippen molar-refractivity contribution in [1.82, 2.24) is 14.7 Å². The first-order valence-electron chi connectivity index (χ1n) is 7.18. The molecule has 1 aromatic rings. The molecule has 2 unspecified atom stereocenters. The fraction of sp³-hybridized carbons (Fsp3) is 0.714. The van der Waals surface area contributed by atoms with Gasteiger partial charge in [0.2, 0.25) is 0 Å². The number of amides is 1. The van der Waals surface area contributed by atoms with Crippen LogP contribution in [-0.2, 0) is 7.05 Å². The van der Waals surface area contributed by atoms with Crippen molar-refractivity contribution >= 4 is 5.91 Å². The fourth-order valence-electron chi connectivity index (χ4n) is 3.08. The van der Waals surface area contributed by atoms with Crippen LogP contribution in [0.3, 0.4) is 0 Å². The van der Waals surface area contributed by atoms with E-state index in [9.17, 15) is 4.79 Å². The standard InChI is InChI=1S/C14H24N4O/c1-3-18(13-7-5-4-6-11(13)10-15)14(19)12-8-9-17(2)16-12/h8-9,11,13H,3-7,10,15H2,1-2H3. The van der Waals surface area contributed by atoms with Gasteiger partial charge in [-0.15, -0.1) is 0 Å². The van der Waals surface area contributed by atoms with Crippen molar-refractivity contribution in [3.63, 3.8) is 0 Å². The van der Waals surface area contributed by atoms with Crippen LogP contribution in [0.15, 0.2) is 12.3 Å². The normalized spacial score (nSPS) is 23.3. The lowest BCUT2D eigenvalue weighted by Gasteiger charge is -2.38. The molecule has 0 saturated heterocycles. The van der Waals surface area contributed by atoms with E-state index in [1.54, 1.807) is 10.7 Å². The maximum Gasteiger partial charge on any atom is 0.274 e. The van der Waals surface area contributed by atoms with Crippen LogP contribution < -0.4 is 5.73 Å². The molecule has 1 saturated carbocycles. The number of aromatic nitrogens is 2. The molecule has 2 N–H and O–H groups in total. The molecule has 1 fully saturated rings. The fourth-order valence-corrected chi connectivity index (χ4v) is 3.08. The Morgan fingerprint density at radius 2 is 2.26 bits per heavy atom. The largest absolute Gasteiger partial charge is 0.334 e. The number of hydrogen-bond donors (Lipinski definition) is 1. The maximum atomic E-state index is 12.6. The summed E-state index contributed by atoms with van der Waals surface area (Å²) < 4.78 is 1.67. The molecule has 0 aliphatic heterocycles. The lowest BCUT2D eigenvalue weighted by molar-refractivity contribution is 0.0553. The van der Waals surface area contributed by atoms with Crippen LogP contribution >= 0.6 is 0 Å². The molecule has 2 atom stereocenters. The number of nitrogens with zero attached hydrogens (tertiary/aromatic N) is 3. The zero-order chi connectivity index (χ0) is 13.8. The monoisotopic (exact) mass is 264 g/mol. The third-order valence-corrected chi connectivity index (χ3v) is 4.11. The van der Waals surface area contributed by atoms with Crippen molar-refractivity contribution in [1.29, 1.82) is 0 Å². The minimum Gasteiger partial charge on any atom is -0.334 e. The van der Waals surface area contributed by atoms with Gasteiger partial charge in [-0.05, 0) is 38.3 Å². The highest BCUT2D eigenvalue weighted by Gasteiger charge is 2.32.